The van der Waals surface area contributed by atoms with Crippen LogP contribution in [0.25, 0.3) is 0 Å². The maximum atomic E-state index is 5.94. The molecule has 0 atom stereocenters. The summed E-state index contributed by atoms with van der Waals surface area (Å²) in [5.74, 6) is 0.629. The number of aromatic nitrogens is 2. The van der Waals surface area contributed by atoms with Crippen molar-refractivity contribution < 1.29 is 9.31 Å². The second kappa shape index (κ2) is 3.78. The third kappa shape index (κ3) is 1.95. The first-order valence-corrected chi connectivity index (χ1v) is 6.56. The zero-order chi connectivity index (χ0) is 13.0. The highest BCUT2D eigenvalue weighted by atomic mass is 16.7. The van der Waals surface area contributed by atoms with Crippen LogP contribution < -0.4 is 5.59 Å². The van der Waals surface area contributed by atoms with Crippen molar-refractivity contribution in [2.75, 3.05) is 0 Å². The summed E-state index contributed by atoms with van der Waals surface area (Å²) in [5, 5.41) is 0. The van der Waals surface area contributed by atoms with Gasteiger partial charge in [-0.3, -0.25) is 9.97 Å². The van der Waals surface area contributed by atoms with Crippen molar-refractivity contribution in [3.05, 3.63) is 18.1 Å². The summed E-state index contributed by atoms with van der Waals surface area (Å²) < 4.78 is 11.9. The maximum absolute atomic E-state index is 5.94. The molecule has 5 heteroatoms. The summed E-state index contributed by atoms with van der Waals surface area (Å²) in [6.07, 6.45) is 6.13. The highest BCUT2D eigenvalue weighted by Crippen LogP contribution is 2.38. The molecule has 0 unspecified atom stereocenters. The van der Waals surface area contributed by atoms with Crippen LogP contribution in [0.2, 0.25) is 0 Å². The lowest BCUT2D eigenvalue weighted by molar-refractivity contribution is 0.00578. The molecule has 1 aromatic heterocycles. The highest BCUT2D eigenvalue weighted by Gasteiger charge is 2.52. The Labute approximate surface area is 108 Å². The van der Waals surface area contributed by atoms with Gasteiger partial charge < -0.3 is 9.31 Å². The Balaban J connectivity index is 1.79. The highest BCUT2D eigenvalue weighted by molar-refractivity contribution is 6.61. The van der Waals surface area contributed by atoms with E-state index in [0.29, 0.717) is 5.92 Å². The molecule has 0 aromatic carbocycles. The normalized spacial score (nSPS) is 25.4. The van der Waals surface area contributed by atoms with Gasteiger partial charge in [0.25, 0.3) is 0 Å². The van der Waals surface area contributed by atoms with Crippen LogP contribution in [0.5, 0.6) is 0 Å². The molecule has 1 aliphatic carbocycles. The van der Waals surface area contributed by atoms with Gasteiger partial charge in [0.2, 0.25) is 0 Å². The van der Waals surface area contributed by atoms with Crippen LogP contribution in [0.15, 0.2) is 12.4 Å². The van der Waals surface area contributed by atoms with Gasteiger partial charge in [0.15, 0.2) is 0 Å². The minimum absolute atomic E-state index is 0.325. The Kier molecular flexibility index (Phi) is 2.54. The van der Waals surface area contributed by atoms with Crippen molar-refractivity contribution >= 4 is 12.7 Å². The maximum Gasteiger partial charge on any atom is 0.516 e. The molecule has 96 valence electrons. The molecule has 1 aromatic rings. The molecule has 2 heterocycles. The fraction of sp³-hybridized carbons (Fsp3) is 0.692. The van der Waals surface area contributed by atoms with E-state index in [9.17, 15) is 0 Å². The summed E-state index contributed by atoms with van der Waals surface area (Å²) in [4.78, 5) is 8.90. The van der Waals surface area contributed by atoms with Crippen LogP contribution in [0.3, 0.4) is 0 Å². The van der Waals surface area contributed by atoms with Gasteiger partial charge in [-0.25, -0.2) is 0 Å². The van der Waals surface area contributed by atoms with Crippen molar-refractivity contribution in [1.29, 1.82) is 0 Å². The van der Waals surface area contributed by atoms with Gasteiger partial charge in [-0.2, -0.15) is 0 Å². The predicted molar refractivity (Wildman–Crippen MR) is 69.7 cm³/mol. The summed E-state index contributed by atoms with van der Waals surface area (Å²) in [5.41, 5.74) is 1.21. The van der Waals surface area contributed by atoms with Crippen LogP contribution in [0.4, 0.5) is 0 Å². The molecule has 0 amide bonds. The van der Waals surface area contributed by atoms with E-state index in [4.69, 9.17) is 9.31 Å². The average Bonchev–Trinajstić information content (AvgIpc) is 3.08. The van der Waals surface area contributed by atoms with E-state index in [1.54, 1.807) is 6.20 Å². The smallest absolute Gasteiger partial charge is 0.398 e. The summed E-state index contributed by atoms with van der Waals surface area (Å²) in [6, 6.07) is 0. The predicted octanol–water partition coefficient (Wildman–Crippen LogP) is 1.65. The van der Waals surface area contributed by atoms with E-state index in [1.807, 2.05) is 33.9 Å². The van der Waals surface area contributed by atoms with E-state index in [-0.39, 0.29) is 11.2 Å². The molecule has 1 saturated heterocycles. The Morgan fingerprint density at radius 3 is 2.11 bits per heavy atom. The molecule has 18 heavy (non-hydrogen) atoms. The Bertz CT molecular complexity index is 439. The largest absolute Gasteiger partial charge is 0.516 e. The van der Waals surface area contributed by atoms with Gasteiger partial charge in [-0.1, -0.05) is 0 Å². The van der Waals surface area contributed by atoms with Crippen LogP contribution in [0.1, 0.15) is 52.1 Å². The zero-order valence-electron chi connectivity index (χ0n) is 11.4. The molecule has 2 fully saturated rings. The molecule has 1 saturated carbocycles. The van der Waals surface area contributed by atoms with Crippen LogP contribution in [-0.2, 0) is 9.31 Å². The van der Waals surface area contributed by atoms with E-state index < -0.39 is 7.12 Å². The van der Waals surface area contributed by atoms with Crippen molar-refractivity contribution in [1.82, 2.24) is 9.97 Å². The Hall–Kier alpha value is -0.935. The van der Waals surface area contributed by atoms with E-state index in [0.717, 1.165) is 11.3 Å². The van der Waals surface area contributed by atoms with Gasteiger partial charge in [-0.15, -0.1) is 0 Å². The lowest BCUT2D eigenvalue weighted by atomic mass is 9.85. The number of nitrogens with zero attached hydrogens (tertiary/aromatic N) is 2. The lowest BCUT2D eigenvalue weighted by Crippen LogP contribution is -2.41. The Morgan fingerprint density at radius 2 is 1.67 bits per heavy atom. The summed E-state index contributed by atoms with van der Waals surface area (Å²) in [7, 11) is -0.407. The Morgan fingerprint density at radius 1 is 1.06 bits per heavy atom. The van der Waals surface area contributed by atoms with Crippen molar-refractivity contribution in [2.45, 2.75) is 57.7 Å². The lowest BCUT2D eigenvalue weighted by Gasteiger charge is -2.32. The number of hydrogen-bond acceptors (Lipinski definition) is 4. The minimum atomic E-state index is -0.407. The van der Waals surface area contributed by atoms with Gasteiger partial charge in [0.05, 0.1) is 22.5 Å². The van der Waals surface area contributed by atoms with Crippen LogP contribution in [0, 0.1) is 0 Å². The standard InChI is InChI=1S/C13H19BN2O2/c1-12(2)13(3,4)18-14(17-12)11-8-15-10(7-16-11)9-5-6-9/h7-9H,5-6H2,1-4H3. The van der Waals surface area contributed by atoms with Crippen molar-refractivity contribution in [3.8, 4) is 0 Å². The SMILES string of the molecule is CC1(C)OB(c2cnc(C3CC3)cn2)OC1(C)C. The molecule has 0 N–H and O–H groups in total. The second-order valence-electron chi connectivity index (χ2n) is 6.23. The fourth-order valence-electron chi connectivity index (χ4n) is 2.02. The van der Waals surface area contributed by atoms with Crippen molar-refractivity contribution in [2.24, 2.45) is 0 Å². The van der Waals surface area contributed by atoms with E-state index in [2.05, 4.69) is 9.97 Å². The molecule has 4 nitrogen and oxygen atoms in total. The first-order chi connectivity index (χ1) is 8.39. The van der Waals surface area contributed by atoms with E-state index >= 15 is 0 Å². The minimum Gasteiger partial charge on any atom is -0.398 e. The topological polar surface area (TPSA) is 44.2 Å². The molecule has 2 aliphatic rings. The average molecular weight is 246 g/mol. The third-order valence-electron chi connectivity index (χ3n) is 4.18. The van der Waals surface area contributed by atoms with Gasteiger partial charge in [0, 0.05) is 18.3 Å². The quantitative estimate of drug-likeness (QED) is 0.744. The summed E-state index contributed by atoms with van der Waals surface area (Å²) in [6.45, 7) is 8.16. The van der Waals surface area contributed by atoms with Gasteiger partial charge in [-0.05, 0) is 40.5 Å². The first-order valence-electron chi connectivity index (χ1n) is 6.56. The monoisotopic (exact) mass is 246 g/mol. The van der Waals surface area contributed by atoms with Gasteiger partial charge in [0.1, 0.15) is 0 Å². The van der Waals surface area contributed by atoms with Crippen molar-refractivity contribution in [3.63, 3.8) is 0 Å². The van der Waals surface area contributed by atoms with Gasteiger partial charge >= 0.3 is 7.12 Å². The number of hydrogen-bond donors (Lipinski definition) is 0. The fourth-order valence-corrected chi connectivity index (χ4v) is 2.02. The third-order valence-corrected chi connectivity index (χ3v) is 4.18. The second-order valence-corrected chi connectivity index (χ2v) is 6.23. The molecule has 0 radical (unpaired) electrons. The first kappa shape index (κ1) is 12.1. The zero-order valence-corrected chi connectivity index (χ0v) is 11.4. The molecule has 0 bridgehead atoms. The molecule has 3 rings (SSSR count). The van der Waals surface area contributed by atoms with Crippen LogP contribution >= 0.6 is 0 Å². The van der Waals surface area contributed by atoms with Crippen LogP contribution in [-0.4, -0.2) is 28.3 Å². The molecular weight excluding hydrogens is 227 g/mol. The molecule has 1 aliphatic heterocycles. The molecular formula is C13H19BN2O2. The van der Waals surface area contributed by atoms with E-state index in [1.165, 1.54) is 12.8 Å². The summed E-state index contributed by atoms with van der Waals surface area (Å²) >= 11 is 0. The molecule has 0 spiro atoms. The number of rotatable bonds is 2.